The minimum Gasteiger partial charge on any atom is -0.275 e. The van der Waals surface area contributed by atoms with Gasteiger partial charge in [0.25, 0.3) is 0 Å². The van der Waals surface area contributed by atoms with Crippen molar-refractivity contribution in [3.8, 4) is 0 Å². The molecule has 0 spiro atoms. The molecule has 0 atom stereocenters. The predicted molar refractivity (Wildman–Crippen MR) is 83.6 cm³/mol. The van der Waals surface area contributed by atoms with Crippen LogP contribution < -0.4 is 0 Å². The van der Waals surface area contributed by atoms with Gasteiger partial charge in [0, 0.05) is 44.0 Å². The molecular formula is C15H16N4O2S. The Labute approximate surface area is 129 Å². The van der Waals surface area contributed by atoms with E-state index in [9.17, 15) is 8.42 Å². The van der Waals surface area contributed by atoms with Gasteiger partial charge in [-0.3, -0.25) is 9.67 Å². The van der Waals surface area contributed by atoms with Gasteiger partial charge in [-0.05, 0) is 12.1 Å². The van der Waals surface area contributed by atoms with E-state index < -0.39 is 10.0 Å². The molecule has 2 heterocycles. The van der Waals surface area contributed by atoms with Crippen LogP contribution in [-0.4, -0.2) is 34.5 Å². The summed E-state index contributed by atoms with van der Waals surface area (Å²) in [4.78, 5) is 4.44. The average molecular weight is 316 g/mol. The highest BCUT2D eigenvalue weighted by Crippen LogP contribution is 2.24. The van der Waals surface area contributed by atoms with Crippen LogP contribution in [0.3, 0.4) is 0 Å². The molecule has 0 unspecified atom stereocenters. The fourth-order valence-corrected chi connectivity index (χ4v) is 3.67. The summed E-state index contributed by atoms with van der Waals surface area (Å²) in [6.45, 7) is 0.263. The number of nitrogens with zero attached hydrogens (tertiary/aromatic N) is 4. The smallest absolute Gasteiger partial charge is 0.245 e. The standard InChI is InChI=1S/C15H16N4O2S/c1-18-10-12(9-17-18)11-19(2)22(20,21)14-7-3-5-13-6-4-8-16-15(13)14/h3-10H,11H2,1-2H3. The molecule has 7 heteroatoms. The first-order chi connectivity index (χ1) is 10.5. The molecule has 6 nitrogen and oxygen atoms in total. The van der Waals surface area contributed by atoms with Crippen LogP contribution in [0.25, 0.3) is 10.9 Å². The Morgan fingerprint density at radius 3 is 2.73 bits per heavy atom. The Bertz CT molecular complexity index is 913. The SMILES string of the molecule is CN(Cc1cnn(C)c1)S(=O)(=O)c1cccc2cccnc12. The number of benzene rings is 1. The summed E-state index contributed by atoms with van der Waals surface area (Å²) < 4.78 is 28.6. The van der Waals surface area contributed by atoms with Gasteiger partial charge < -0.3 is 0 Å². The van der Waals surface area contributed by atoms with Crippen LogP contribution in [0, 0.1) is 0 Å². The van der Waals surface area contributed by atoms with Crippen LogP contribution in [0.1, 0.15) is 5.56 Å². The maximum absolute atomic E-state index is 12.8. The summed E-state index contributed by atoms with van der Waals surface area (Å²) >= 11 is 0. The van der Waals surface area contributed by atoms with Gasteiger partial charge in [0.05, 0.1) is 11.7 Å². The van der Waals surface area contributed by atoms with Crippen molar-refractivity contribution in [2.24, 2.45) is 7.05 Å². The molecule has 0 aliphatic carbocycles. The summed E-state index contributed by atoms with van der Waals surface area (Å²) in [5.74, 6) is 0. The van der Waals surface area contributed by atoms with Crippen LogP contribution >= 0.6 is 0 Å². The van der Waals surface area contributed by atoms with Crippen molar-refractivity contribution in [3.05, 3.63) is 54.5 Å². The Balaban J connectivity index is 2.00. The van der Waals surface area contributed by atoms with E-state index in [-0.39, 0.29) is 11.4 Å². The monoisotopic (exact) mass is 316 g/mol. The second-order valence-electron chi connectivity index (χ2n) is 5.11. The first-order valence-electron chi connectivity index (χ1n) is 6.76. The number of sulfonamides is 1. The Morgan fingerprint density at radius 1 is 1.23 bits per heavy atom. The van der Waals surface area contributed by atoms with Crippen molar-refractivity contribution in [1.29, 1.82) is 0 Å². The van der Waals surface area contributed by atoms with Crippen LogP contribution in [0.2, 0.25) is 0 Å². The van der Waals surface area contributed by atoms with Gasteiger partial charge in [0.1, 0.15) is 4.90 Å². The van der Waals surface area contributed by atoms with Crippen LogP contribution in [0.5, 0.6) is 0 Å². The van der Waals surface area contributed by atoms with Gasteiger partial charge in [0.2, 0.25) is 10.0 Å². The molecule has 0 fully saturated rings. The first-order valence-corrected chi connectivity index (χ1v) is 8.20. The second-order valence-corrected chi connectivity index (χ2v) is 7.13. The molecule has 0 N–H and O–H groups in total. The third-order valence-corrected chi connectivity index (χ3v) is 5.28. The third-order valence-electron chi connectivity index (χ3n) is 3.45. The fourth-order valence-electron chi connectivity index (χ4n) is 2.35. The first kappa shape index (κ1) is 14.7. The van der Waals surface area contributed by atoms with Gasteiger partial charge >= 0.3 is 0 Å². The lowest BCUT2D eigenvalue weighted by molar-refractivity contribution is 0.467. The van der Waals surface area contributed by atoms with E-state index in [1.165, 1.54) is 4.31 Å². The Morgan fingerprint density at radius 2 is 2.00 bits per heavy atom. The lowest BCUT2D eigenvalue weighted by Crippen LogP contribution is -2.26. The zero-order chi connectivity index (χ0) is 15.7. The zero-order valence-corrected chi connectivity index (χ0v) is 13.2. The number of aryl methyl sites for hydroxylation is 1. The molecule has 1 aromatic carbocycles. The molecule has 3 rings (SSSR count). The summed E-state index contributed by atoms with van der Waals surface area (Å²) in [5.41, 5.74) is 1.32. The quantitative estimate of drug-likeness (QED) is 0.736. The molecule has 0 radical (unpaired) electrons. The third kappa shape index (κ3) is 2.60. The number of rotatable bonds is 4. The van der Waals surface area contributed by atoms with Gasteiger partial charge in [-0.25, -0.2) is 8.42 Å². The number of hydrogen-bond donors (Lipinski definition) is 0. The highest BCUT2D eigenvalue weighted by atomic mass is 32.2. The largest absolute Gasteiger partial charge is 0.275 e. The molecule has 0 aliphatic rings. The van der Waals surface area contributed by atoms with Crippen LogP contribution in [0.4, 0.5) is 0 Å². The molecular weight excluding hydrogens is 300 g/mol. The summed E-state index contributed by atoms with van der Waals surface area (Å²) in [5, 5.41) is 4.86. The number of fused-ring (bicyclic) bond motifs is 1. The van der Waals surface area contributed by atoms with Crippen molar-refractivity contribution in [3.63, 3.8) is 0 Å². The van der Waals surface area contributed by atoms with Crippen molar-refractivity contribution < 1.29 is 8.42 Å². The van der Waals surface area contributed by atoms with E-state index >= 15 is 0 Å². The van der Waals surface area contributed by atoms with Gasteiger partial charge in [-0.1, -0.05) is 18.2 Å². The summed E-state index contributed by atoms with van der Waals surface area (Å²) in [6, 6.07) is 8.81. The van der Waals surface area contributed by atoms with Crippen molar-refractivity contribution >= 4 is 20.9 Å². The van der Waals surface area contributed by atoms with Gasteiger partial charge in [-0.2, -0.15) is 9.40 Å². The number of hydrogen-bond acceptors (Lipinski definition) is 4. The lowest BCUT2D eigenvalue weighted by Gasteiger charge is -2.17. The molecule has 0 saturated heterocycles. The molecule has 0 aliphatic heterocycles. The highest BCUT2D eigenvalue weighted by molar-refractivity contribution is 7.89. The summed E-state index contributed by atoms with van der Waals surface area (Å²) in [6.07, 6.45) is 5.06. The Hall–Kier alpha value is -2.25. The molecule has 22 heavy (non-hydrogen) atoms. The van der Waals surface area contributed by atoms with Gasteiger partial charge in [0.15, 0.2) is 0 Å². The van der Waals surface area contributed by atoms with E-state index in [1.54, 1.807) is 55.6 Å². The number of para-hydroxylation sites is 1. The molecule has 2 aromatic heterocycles. The Kier molecular flexibility index (Phi) is 3.67. The molecule has 0 amide bonds. The van der Waals surface area contributed by atoms with Crippen molar-refractivity contribution in [2.75, 3.05) is 7.05 Å². The lowest BCUT2D eigenvalue weighted by atomic mass is 10.2. The topological polar surface area (TPSA) is 68.1 Å². The normalized spacial score (nSPS) is 12.1. The minimum absolute atomic E-state index is 0.219. The highest BCUT2D eigenvalue weighted by Gasteiger charge is 2.24. The maximum atomic E-state index is 12.8. The van der Waals surface area contributed by atoms with E-state index in [0.717, 1.165) is 10.9 Å². The van der Waals surface area contributed by atoms with Crippen LogP contribution in [-0.2, 0) is 23.6 Å². The van der Waals surface area contributed by atoms with Crippen molar-refractivity contribution in [1.82, 2.24) is 19.1 Å². The number of aromatic nitrogens is 3. The molecule has 114 valence electrons. The van der Waals surface area contributed by atoms with Gasteiger partial charge in [-0.15, -0.1) is 0 Å². The second kappa shape index (κ2) is 5.51. The average Bonchev–Trinajstić information content (AvgIpc) is 2.91. The molecule has 0 saturated carbocycles. The number of pyridine rings is 1. The van der Waals surface area contributed by atoms with Crippen molar-refractivity contribution in [2.45, 2.75) is 11.4 Å². The molecule has 3 aromatic rings. The molecule has 0 bridgehead atoms. The van der Waals surface area contributed by atoms with E-state index in [1.807, 2.05) is 12.1 Å². The van der Waals surface area contributed by atoms with E-state index in [4.69, 9.17) is 0 Å². The van der Waals surface area contributed by atoms with E-state index in [0.29, 0.717) is 5.52 Å². The fraction of sp³-hybridized carbons (Fsp3) is 0.200. The summed E-state index contributed by atoms with van der Waals surface area (Å²) in [7, 11) is -0.263. The minimum atomic E-state index is -3.62. The maximum Gasteiger partial charge on any atom is 0.245 e. The zero-order valence-electron chi connectivity index (χ0n) is 12.3. The van der Waals surface area contributed by atoms with Crippen LogP contribution in [0.15, 0.2) is 53.8 Å². The van der Waals surface area contributed by atoms with E-state index in [2.05, 4.69) is 10.1 Å². The predicted octanol–water partition coefficient (Wildman–Crippen LogP) is 1.79.